The number of carbonyl (C=O) groups is 1. The fourth-order valence-electron chi connectivity index (χ4n) is 2.09. The highest BCUT2D eigenvalue weighted by Gasteiger charge is 2.11. The number of benzene rings is 1. The summed E-state index contributed by atoms with van der Waals surface area (Å²) in [6, 6.07) is 17.3. The van der Waals surface area contributed by atoms with Gasteiger partial charge in [-0.1, -0.05) is 30.3 Å². The minimum atomic E-state index is -0.192. The third-order valence-electron chi connectivity index (χ3n) is 3.08. The maximum atomic E-state index is 12.3. The third-order valence-corrected chi connectivity index (χ3v) is 3.99. The van der Waals surface area contributed by atoms with Gasteiger partial charge in [-0.2, -0.15) is 0 Å². The normalized spacial score (nSPS) is 10.3. The van der Waals surface area contributed by atoms with Gasteiger partial charge in [0, 0.05) is 21.8 Å². The number of amides is 1. The molecule has 0 fully saturated rings. The van der Waals surface area contributed by atoms with E-state index in [-0.39, 0.29) is 5.91 Å². The van der Waals surface area contributed by atoms with Gasteiger partial charge in [-0.3, -0.25) is 4.79 Å². The molecule has 1 aromatic carbocycles. The van der Waals surface area contributed by atoms with Gasteiger partial charge < -0.3 is 5.32 Å². The molecule has 0 unspecified atom stereocenters. The lowest BCUT2D eigenvalue weighted by atomic mass is 10.1. The number of aryl methyl sites for hydroxylation is 1. The third kappa shape index (κ3) is 3.01. The summed E-state index contributed by atoms with van der Waals surface area (Å²) in [5.74, 6) is -0.192. The zero-order valence-corrected chi connectivity index (χ0v) is 12.4. The molecule has 0 aliphatic heterocycles. The molecule has 0 radical (unpaired) electrons. The van der Waals surface area contributed by atoms with E-state index in [1.54, 1.807) is 17.4 Å². The highest BCUT2D eigenvalue weighted by atomic mass is 32.1. The molecule has 104 valence electrons. The lowest BCUT2D eigenvalue weighted by molar-refractivity contribution is 0.102. The molecule has 1 amide bonds. The van der Waals surface area contributed by atoms with Crippen LogP contribution in [0.4, 0.5) is 5.69 Å². The van der Waals surface area contributed by atoms with Crippen molar-refractivity contribution in [3.8, 4) is 10.4 Å². The standard InChI is InChI=1S/C17H14N2OS/c1-12-6-4-9-15(18-12)17(20)19-14-8-3-2-7-13(14)16-10-5-11-21-16/h2-11H,1H3,(H,19,20). The van der Waals surface area contributed by atoms with E-state index in [0.29, 0.717) is 5.69 Å². The van der Waals surface area contributed by atoms with Crippen molar-refractivity contribution < 1.29 is 4.79 Å². The SMILES string of the molecule is Cc1cccc(C(=O)Nc2ccccc2-c2cccs2)n1. The molecule has 0 spiro atoms. The molecule has 4 heteroatoms. The van der Waals surface area contributed by atoms with Crippen LogP contribution < -0.4 is 5.32 Å². The first-order valence-corrected chi connectivity index (χ1v) is 7.50. The van der Waals surface area contributed by atoms with Crippen molar-refractivity contribution in [3.05, 3.63) is 71.4 Å². The first-order chi connectivity index (χ1) is 10.2. The second-order valence-corrected chi connectivity index (χ2v) is 5.59. The predicted molar refractivity (Wildman–Crippen MR) is 86.7 cm³/mol. The molecule has 0 bridgehead atoms. The molecule has 0 aliphatic carbocycles. The van der Waals surface area contributed by atoms with Crippen LogP contribution in [0.15, 0.2) is 60.0 Å². The van der Waals surface area contributed by atoms with Gasteiger partial charge in [0.15, 0.2) is 0 Å². The summed E-state index contributed by atoms with van der Waals surface area (Å²) in [7, 11) is 0. The summed E-state index contributed by atoms with van der Waals surface area (Å²) >= 11 is 1.65. The minimum Gasteiger partial charge on any atom is -0.320 e. The smallest absolute Gasteiger partial charge is 0.274 e. The molecule has 0 saturated carbocycles. The molecule has 0 atom stereocenters. The van der Waals surface area contributed by atoms with Crippen LogP contribution >= 0.6 is 11.3 Å². The zero-order valence-electron chi connectivity index (χ0n) is 11.5. The minimum absolute atomic E-state index is 0.192. The van der Waals surface area contributed by atoms with E-state index in [1.165, 1.54) is 0 Å². The van der Waals surface area contributed by atoms with Gasteiger partial charge in [0.05, 0.1) is 0 Å². The summed E-state index contributed by atoms with van der Waals surface area (Å²) in [5, 5.41) is 4.97. The van der Waals surface area contributed by atoms with Gasteiger partial charge in [-0.25, -0.2) is 4.98 Å². The van der Waals surface area contributed by atoms with Gasteiger partial charge in [0.1, 0.15) is 5.69 Å². The van der Waals surface area contributed by atoms with Crippen molar-refractivity contribution >= 4 is 22.9 Å². The van der Waals surface area contributed by atoms with Crippen molar-refractivity contribution in [2.45, 2.75) is 6.92 Å². The van der Waals surface area contributed by atoms with Crippen molar-refractivity contribution in [1.29, 1.82) is 0 Å². The van der Waals surface area contributed by atoms with Gasteiger partial charge in [-0.15, -0.1) is 11.3 Å². The Morgan fingerprint density at radius 1 is 1.05 bits per heavy atom. The van der Waals surface area contributed by atoms with Crippen LogP contribution in [0.25, 0.3) is 10.4 Å². The second kappa shape index (κ2) is 5.89. The van der Waals surface area contributed by atoms with Crippen LogP contribution in [0.2, 0.25) is 0 Å². The largest absolute Gasteiger partial charge is 0.320 e. The fraction of sp³-hybridized carbons (Fsp3) is 0.0588. The lowest BCUT2D eigenvalue weighted by Crippen LogP contribution is -2.14. The van der Waals surface area contributed by atoms with E-state index in [0.717, 1.165) is 21.8 Å². The number of hydrogen-bond acceptors (Lipinski definition) is 3. The lowest BCUT2D eigenvalue weighted by Gasteiger charge is -2.09. The van der Waals surface area contributed by atoms with Crippen LogP contribution in [0.3, 0.4) is 0 Å². The van der Waals surface area contributed by atoms with Crippen LogP contribution in [0.1, 0.15) is 16.2 Å². The molecular formula is C17H14N2OS. The Balaban J connectivity index is 1.90. The first kappa shape index (κ1) is 13.5. The Morgan fingerprint density at radius 2 is 1.90 bits per heavy atom. The van der Waals surface area contributed by atoms with E-state index in [2.05, 4.69) is 10.3 Å². The summed E-state index contributed by atoms with van der Waals surface area (Å²) in [6.45, 7) is 1.87. The molecule has 2 aromatic heterocycles. The Hall–Kier alpha value is -2.46. The number of nitrogens with zero attached hydrogens (tertiary/aromatic N) is 1. The summed E-state index contributed by atoms with van der Waals surface area (Å²) in [5.41, 5.74) is 3.08. The Bertz CT molecular complexity index is 766. The number of thiophene rings is 1. The topological polar surface area (TPSA) is 42.0 Å². The molecule has 3 aromatic rings. The monoisotopic (exact) mass is 294 g/mol. The van der Waals surface area contributed by atoms with E-state index in [1.807, 2.05) is 60.8 Å². The molecule has 0 aliphatic rings. The number of nitrogens with one attached hydrogen (secondary N) is 1. The number of rotatable bonds is 3. The molecule has 3 nitrogen and oxygen atoms in total. The molecule has 1 N–H and O–H groups in total. The molecule has 0 saturated heterocycles. The Labute approximate surface area is 127 Å². The number of para-hydroxylation sites is 1. The Kier molecular flexibility index (Phi) is 3.79. The number of aromatic nitrogens is 1. The van der Waals surface area contributed by atoms with Crippen LogP contribution in [0.5, 0.6) is 0 Å². The molecule has 3 rings (SSSR count). The van der Waals surface area contributed by atoms with Crippen LogP contribution in [0, 0.1) is 6.92 Å². The van der Waals surface area contributed by atoms with Gasteiger partial charge in [0.2, 0.25) is 0 Å². The quantitative estimate of drug-likeness (QED) is 0.779. The van der Waals surface area contributed by atoms with E-state index in [9.17, 15) is 4.79 Å². The van der Waals surface area contributed by atoms with Crippen LogP contribution in [-0.4, -0.2) is 10.9 Å². The maximum absolute atomic E-state index is 12.3. The average molecular weight is 294 g/mol. The summed E-state index contributed by atoms with van der Waals surface area (Å²) in [6.07, 6.45) is 0. The number of hydrogen-bond donors (Lipinski definition) is 1. The van der Waals surface area contributed by atoms with E-state index >= 15 is 0 Å². The van der Waals surface area contributed by atoms with Crippen molar-refractivity contribution in [3.63, 3.8) is 0 Å². The highest BCUT2D eigenvalue weighted by Crippen LogP contribution is 2.31. The van der Waals surface area contributed by atoms with E-state index in [4.69, 9.17) is 0 Å². The second-order valence-electron chi connectivity index (χ2n) is 4.64. The van der Waals surface area contributed by atoms with Gasteiger partial charge >= 0.3 is 0 Å². The van der Waals surface area contributed by atoms with Crippen molar-refractivity contribution in [1.82, 2.24) is 4.98 Å². The molecule has 21 heavy (non-hydrogen) atoms. The van der Waals surface area contributed by atoms with E-state index < -0.39 is 0 Å². The Morgan fingerprint density at radius 3 is 2.67 bits per heavy atom. The summed E-state index contributed by atoms with van der Waals surface area (Å²) < 4.78 is 0. The van der Waals surface area contributed by atoms with Gasteiger partial charge in [-0.05, 0) is 36.6 Å². The predicted octanol–water partition coefficient (Wildman–Crippen LogP) is 4.37. The first-order valence-electron chi connectivity index (χ1n) is 6.62. The number of pyridine rings is 1. The molecular weight excluding hydrogens is 280 g/mol. The van der Waals surface area contributed by atoms with Crippen molar-refractivity contribution in [2.75, 3.05) is 5.32 Å². The molecule has 2 heterocycles. The average Bonchev–Trinajstić information content (AvgIpc) is 3.02. The van der Waals surface area contributed by atoms with Crippen LogP contribution in [-0.2, 0) is 0 Å². The number of carbonyl (C=O) groups excluding carboxylic acids is 1. The van der Waals surface area contributed by atoms with Crippen molar-refractivity contribution in [2.24, 2.45) is 0 Å². The fourth-order valence-corrected chi connectivity index (χ4v) is 2.86. The summed E-state index contributed by atoms with van der Waals surface area (Å²) in [4.78, 5) is 17.7. The highest BCUT2D eigenvalue weighted by molar-refractivity contribution is 7.13. The zero-order chi connectivity index (χ0) is 14.7. The maximum Gasteiger partial charge on any atom is 0.274 e. The van der Waals surface area contributed by atoms with Gasteiger partial charge in [0.25, 0.3) is 5.91 Å². The number of anilines is 1.